The van der Waals surface area contributed by atoms with Crippen LogP contribution < -0.4 is 5.32 Å². The number of anilines is 1. The van der Waals surface area contributed by atoms with Gasteiger partial charge in [0.05, 0.1) is 5.69 Å². The summed E-state index contributed by atoms with van der Waals surface area (Å²) in [5.41, 5.74) is 1.40. The Morgan fingerprint density at radius 2 is 2.12 bits per heavy atom. The number of para-hydroxylation sites is 1. The molecule has 16 heavy (non-hydrogen) atoms. The molecule has 1 N–H and O–H groups in total. The van der Waals surface area contributed by atoms with Gasteiger partial charge in [0, 0.05) is 16.8 Å². The van der Waals surface area contributed by atoms with Crippen molar-refractivity contribution in [3.63, 3.8) is 0 Å². The van der Waals surface area contributed by atoms with Gasteiger partial charge in [-0.05, 0) is 33.5 Å². The molecule has 0 aliphatic carbocycles. The molecule has 1 aliphatic heterocycles. The maximum absolute atomic E-state index is 4.57. The van der Waals surface area contributed by atoms with E-state index in [4.69, 9.17) is 0 Å². The van der Waals surface area contributed by atoms with Gasteiger partial charge in [-0.1, -0.05) is 37.7 Å². The molecular formula is C12H15BrN2S. The van der Waals surface area contributed by atoms with E-state index in [0.717, 1.165) is 27.6 Å². The Hall–Kier alpha value is -0.480. The number of benzene rings is 1. The SMILES string of the molecule is CC1(C)CN=C(Nc2ccccc2Br)SC1. The molecule has 1 aliphatic rings. The summed E-state index contributed by atoms with van der Waals surface area (Å²) in [5.74, 6) is 1.11. The molecule has 1 heterocycles. The number of aliphatic imine (C=N–C) groups is 1. The molecule has 2 nitrogen and oxygen atoms in total. The van der Waals surface area contributed by atoms with Gasteiger partial charge in [0.1, 0.15) is 0 Å². The van der Waals surface area contributed by atoms with Gasteiger partial charge in [-0.2, -0.15) is 0 Å². The number of halogens is 1. The normalized spacial score (nSPS) is 19.1. The van der Waals surface area contributed by atoms with Crippen molar-refractivity contribution in [2.45, 2.75) is 13.8 Å². The van der Waals surface area contributed by atoms with E-state index in [-0.39, 0.29) is 0 Å². The van der Waals surface area contributed by atoms with E-state index >= 15 is 0 Å². The van der Waals surface area contributed by atoms with Crippen LogP contribution >= 0.6 is 27.7 Å². The van der Waals surface area contributed by atoms with E-state index in [2.05, 4.69) is 40.1 Å². The third-order valence-corrected chi connectivity index (χ3v) is 4.49. The zero-order chi connectivity index (χ0) is 11.6. The fourth-order valence-corrected chi connectivity index (χ4v) is 2.73. The number of thioether (sulfide) groups is 1. The molecule has 0 saturated heterocycles. The maximum Gasteiger partial charge on any atom is 0.161 e. The molecule has 0 saturated carbocycles. The van der Waals surface area contributed by atoms with Crippen LogP contribution in [0.3, 0.4) is 0 Å². The van der Waals surface area contributed by atoms with Gasteiger partial charge < -0.3 is 5.32 Å². The second kappa shape index (κ2) is 4.80. The first-order valence-corrected chi connectivity index (χ1v) is 7.03. The molecule has 0 unspecified atom stereocenters. The molecule has 0 fully saturated rings. The maximum atomic E-state index is 4.57. The Morgan fingerprint density at radius 3 is 2.75 bits per heavy atom. The summed E-state index contributed by atoms with van der Waals surface area (Å²) in [6, 6.07) is 8.10. The zero-order valence-corrected chi connectivity index (χ0v) is 11.9. The van der Waals surface area contributed by atoms with Gasteiger partial charge in [-0.15, -0.1) is 0 Å². The third-order valence-electron chi connectivity index (χ3n) is 2.37. The van der Waals surface area contributed by atoms with Crippen molar-refractivity contribution in [1.82, 2.24) is 0 Å². The van der Waals surface area contributed by atoms with Gasteiger partial charge in [0.25, 0.3) is 0 Å². The van der Waals surface area contributed by atoms with Crippen molar-refractivity contribution in [2.75, 3.05) is 17.6 Å². The lowest BCUT2D eigenvalue weighted by molar-refractivity contribution is 0.438. The van der Waals surface area contributed by atoms with E-state index in [9.17, 15) is 0 Å². The summed E-state index contributed by atoms with van der Waals surface area (Å²) in [6.45, 7) is 5.39. The minimum Gasteiger partial charge on any atom is -0.334 e. The summed E-state index contributed by atoms with van der Waals surface area (Å²) < 4.78 is 1.07. The molecule has 4 heteroatoms. The lowest BCUT2D eigenvalue weighted by Gasteiger charge is -2.27. The fraction of sp³-hybridized carbons (Fsp3) is 0.417. The highest BCUT2D eigenvalue weighted by molar-refractivity contribution is 9.10. The van der Waals surface area contributed by atoms with E-state index in [1.165, 1.54) is 0 Å². The van der Waals surface area contributed by atoms with Gasteiger partial charge in [-0.25, -0.2) is 0 Å². The Morgan fingerprint density at radius 1 is 1.38 bits per heavy atom. The molecule has 0 aromatic heterocycles. The monoisotopic (exact) mass is 298 g/mol. The first kappa shape index (κ1) is 12.0. The predicted octanol–water partition coefficient (Wildman–Crippen LogP) is 3.99. The van der Waals surface area contributed by atoms with Crippen LogP contribution in [0.15, 0.2) is 33.7 Å². The topological polar surface area (TPSA) is 24.4 Å². The average Bonchev–Trinajstić information content (AvgIpc) is 2.24. The van der Waals surface area contributed by atoms with Crippen LogP contribution in [0, 0.1) is 5.41 Å². The Labute approximate surface area is 109 Å². The van der Waals surface area contributed by atoms with Crippen LogP contribution in [0.2, 0.25) is 0 Å². The van der Waals surface area contributed by atoms with Crippen LogP contribution in [-0.2, 0) is 0 Å². The highest BCUT2D eigenvalue weighted by Gasteiger charge is 2.23. The Balaban J connectivity index is 2.07. The smallest absolute Gasteiger partial charge is 0.161 e. The number of nitrogens with one attached hydrogen (secondary N) is 1. The van der Waals surface area contributed by atoms with Crippen LogP contribution in [0.5, 0.6) is 0 Å². The van der Waals surface area contributed by atoms with Gasteiger partial charge in [0.15, 0.2) is 5.17 Å². The van der Waals surface area contributed by atoms with Crippen LogP contribution in [0.1, 0.15) is 13.8 Å². The summed E-state index contributed by atoms with van der Waals surface area (Å²) in [7, 11) is 0. The quantitative estimate of drug-likeness (QED) is 0.848. The van der Waals surface area contributed by atoms with Crippen LogP contribution in [-0.4, -0.2) is 17.5 Å². The molecule has 0 atom stereocenters. The molecule has 1 aromatic carbocycles. The van der Waals surface area contributed by atoms with E-state index in [1.807, 2.05) is 24.3 Å². The van der Waals surface area contributed by atoms with Crippen molar-refractivity contribution >= 4 is 38.5 Å². The molecular weight excluding hydrogens is 284 g/mol. The summed E-state index contributed by atoms with van der Waals surface area (Å²) >= 11 is 5.31. The molecule has 0 radical (unpaired) electrons. The van der Waals surface area contributed by atoms with E-state index in [1.54, 1.807) is 11.8 Å². The number of hydrogen-bond acceptors (Lipinski definition) is 3. The molecule has 86 valence electrons. The molecule has 0 spiro atoms. The minimum absolute atomic E-state index is 0.323. The van der Waals surface area contributed by atoms with E-state index < -0.39 is 0 Å². The third kappa shape index (κ3) is 3.01. The number of nitrogens with zero attached hydrogens (tertiary/aromatic N) is 1. The van der Waals surface area contributed by atoms with Crippen molar-refractivity contribution in [2.24, 2.45) is 10.4 Å². The fourth-order valence-electron chi connectivity index (χ4n) is 1.39. The van der Waals surface area contributed by atoms with Crippen LogP contribution in [0.25, 0.3) is 0 Å². The number of rotatable bonds is 1. The summed E-state index contributed by atoms with van der Waals surface area (Å²) in [5, 5.41) is 4.37. The highest BCUT2D eigenvalue weighted by atomic mass is 79.9. The standard InChI is InChI=1S/C12H15BrN2S/c1-12(2)7-14-11(16-8-12)15-10-6-4-3-5-9(10)13/h3-6H,7-8H2,1-2H3,(H,14,15). The summed E-state index contributed by atoms with van der Waals surface area (Å²) in [6.07, 6.45) is 0. The lowest BCUT2D eigenvalue weighted by atomic mass is 9.97. The van der Waals surface area contributed by atoms with Gasteiger partial charge in [0.2, 0.25) is 0 Å². The van der Waals surface area contributed by atoms with Crippen molar-refractivity contribution in [3.8, 4) is 0 Å². The number of amidine groups is 1. The minimum atomic E-state index is 0.323. The molecule has 0 amide bonds. The van der Waals surface area contributed by atoms with Crippen molar-refractivity contribution in [3.05, 3.63) is 28.7 Å². The Kier molecular flexibility index (Phi) is 3.60. The first-order valence-electron chi connectivity index (χ1n) is 5.26. The van der Waals surface area contributed by atoms with Crippen LogP contribution in [0.4, 0.5) is 5.69 Å². The van der Waals surface area contributed by atoms with Crippen molar-refractivity contribution < 1.29 is 0 Å². The molecule has 2 rings (SSSR count). The van der Waals surface area contributed by atoms with Gasteiger partial charge >= 0.3 is 0 Å². The van der Waals surface area contributed by atoms with Crippen molar-refractivity contribution in [1.29, 1.82) is 0 Å². The van der Waals surface area contributed by atoms with E-state index in [0.29, 0.717) is 5.41 Å². The Bertz CT molecular complexity index is 415. The second-order valence-corrected chi connectivity index (χ2v) is 6.50. The molecule has 1 aromatic rings. The molecule has 0 bridgehead atoms. The second-order valence-electron chi connectivity index (χ2n) is 4.68. The average molecular weight is 299 g/mol. The van der Waals surface area contributed by atoms with Gasteiger partial charge in [-0.3, -0.25) is 4.99 Å². The number of hydrogen-bond donors (Lipinski definition) is 1. The highest BCUT2D eigenvalue weighted by Crippen LogP contribution is 2.29. The summed E-state index contributed by atoms with van der Waals surface area (Å²) in [4.78, 5) is 4.57. The lowest BCUT2D eigenvalue weighted by Crippen LogP contribution is -2.27. The zero-order valence-electron chi connectivity index (χ0n) is 9.46. The predicted molar refractivity (Wildman–Crippen MR) is 76.3 cm³/mol. The first-order chi connectivity index (χ1) is 7.57. The largest absolute Gasteiger partial charge is 0.334 e.